The number of hydrogen-bond donors (Lipinski definition) is 3. The molecule has 1 atom stereocenters. The Morgan fingerprint density at radius 3 is 2.67 bits per heavy atom. The van der Waals surface area contributed by atoms with Gasteiger partial charge in [0.1, 0.15) is 0 Å². The molecule has 1 aliphatic rings. The molecule has 0 radical (unpaired) electrons. The van der Waals surface area contributed by atoms with Gasteiger partial charge in [0.05, 0.1) is 10.6 Å². The number of rotatable bonds is 5. The molecular formula is C20H23ClN4O2. The number of carbonyl (C=O) groups excluding carboxylic acids is 2. The Balaban J connectivity index is 1.53. The zero-order valence-corrected chi connectivity index (χ0v) is 15.7. The maximum absolute atomic E-state index is 12.3. The quantitative estimate of drug-likeness (QED) is 0.737. The zero-order valence-electron chi connectivity index (χ0n) is 15.0. The van der Waals surface area contributed by atoms with Gasteiger partial charge in [-0.3, -0.25) is 9.69 Å². The first-order valence-corrected chi connectivity index (χ1v) is 9.32. The Morgan fingerprint density at radius 1 is 1.19 bits per heavy atom. The average Bonchev–Trinajstić information content (AvgIpc) is 2.62. The second-order valence-corrected chi connectivity index (χ2v) is 7.12. The van der Waals surface area contributed by atoms with E-state index in [0.29, 0.717) is 5.69 Å². The topological polar surface area (TPSA) is 87.5 Å². The molecule has 0 saturated carbocycles. The highest BCUT2D eigenvalue weighted by molar-refractivity contribution is 6.34. The zero-order chi connectivity index (χ0) is 19.2. The molecule has 0 bridgehead atoms. The number of amides is 3. The van der Waals surface area contributed by atoms with Crippen LogP contribution in [0.2, 0.25) is 5.02 Å². The van der Waals surface area contributed by atoms with Gasteiger partial charge in [0.25, 0.3) is 0 Å². The minimum absolute atomic E-state index is 0.0860. The largest absolute Gasteiger partial charge is 0.366 e. The molecule has 4 N–H and O–H groups in total. The number of piperidine rings is 1. The molecule has 1 saturated heterocycles. The van der Waals surface area contributed by atoms with Crippen molar-refractivity contribution in [1.29, 1.82) is 0 Å². The predicted molar refractivity (Wildman–Crippen MR) is 107 cm³/mol. The molecule has 0 spiro atoms. The minimum Gasteiger partial charge on any atom is -0.366 e. The number of primary amides is 1. The maximum atomic E-state index is 12.3. The molecule has 0 unspecified atom stereocenters. The lowest BCUT2D eigenvalue weighted by Gasteiger charge is -2.33. The molecule has 0 aromatic heterocycles. The summed E-state index contributed by atoms with van der Waals surface area (Å²) >= 11 is 6.02. The Morgan fingerprint density at radius 2 is 1.96 bits per heavy atom. The van der Waals surface area contributed by atoms with Crippen molar-refractivity contribution in [2.45, 2.75) is 25.4 Å². The SMILES string of the molecule is NC(=O)c1ccc(NC(=O)N[C@H]2CCCN(Cc3ccccc3)C2)cc1Cl. The van der Waals surface area contributed by atoms with Crippen LogP contribution in [0.15, 0.2) is 48.5 Å². The third-order valence-corrected chi connectivity index (χ3v) is 4.89. The van der Waals surface area contributed by atoms with E-state index in [9.17, 15) is 9.59 Å². The first-order chi connectivity index (χ1) is 13.0. The second kappa shape index (κ2) is 8.88. The molecular weight excluding hydrogens is 364 g/mol. The summed E-state index contributed by atoms with van der Waals surface area (Å²) in [4.78, 5) is 25.9. The molecule has 3 rings (SSSR count). The highest BCUT2D eigenvalue weighted by atomic mass is 35.5. The summed E-state index contributed by atoms with van der Waals surface area (Å²) in [5.41, 5.74) is 7.24. The summed E-state index contributed by atoms with van der Waals surface area (Å²) in [5.74, 6) is -0.600. The Labute approximate surface area is 163 Å². The molecule has 1 heterocycles. The fourth-order valence-electron chi connectivity index (χ4n) is 3.30. The third-order valence-electron chi connectivity index (χ3n) is 4.58. The van der Waals surface area contributed by atoms with E-state index in [0.717, 1.165) is 32.5 Å². The van der Waals surface area contributed by atoms with Crippen molar-refractivity contribution < 1.29 is 9.59 Å². The monoisotopic (exact) mass is 386 g/mol. The molecule has 7 heteroatoms. The third kappa shape index (κ3) is 5.45. The number of carbonyl (C=O) groups is 2. The summed E-state index contributed by atoms with van der Waals surface area (Å²) in [7, 11) is 0. The number of anilines is 1. The Bertz CT molecular complexity index is 813. The second-order valence-electron chi connectivity index (χ2n) is 6.72. The standard InChI is InChI=1S/C20H23ClN4O2/c21-18-11-15(8-9-17(18)19(22)26)23-20(27)24-16-7-4-10-25(13-16)12-14-5-2-1-3-6-14/h1-3,5-6,8-9,11,16H,4,7,10,12-13H2,(H2,22,26)(H2,23,24,27)/t16-/m0/s1. The maximum Gasteiger partial charge on any atom is 0.319 e. The van der Waals surface area contributed by atoms with E-state index in [4.69, 9.17) is 17.3 Å². The van der Waals surface area contributed by atoms with Gasteiger partial charge >= 0.3 is 6.03 Å². The van der Waals surface area contributed by atoms with Gasteiger partial charge in [0, 0.05) is 24.8 Å². The van der Waals surface area contributed by atoms with Crippen LogP contribution in [0, 0.1) is 0 Å². The minimum atomic E-state index is -0.600. The lowest BCUT2D eigenvalue weighted by molar-refractivity contribution is 0.100. The van der Waals surface area contributed by atoms with Crippen molar-refractivity contribution in [3.05, 3.63) is 64.7 Å². The van der Waals surface area contributed by atoms with Crippen LogP contribution < -0.4 is 16.4 Å². The van der Waals surface area contributed by atoms with E-state index in [1.807, 2.05) is 18.2 Å². The van der Waals surface area contributed by atoms with Crippen LogP contribution in [0.1, 0.15) is 28.8 Å². The number of likely N-dealkylation sites (tertiary alicyclic amines) is 1. The van der Waals surface area contributed by atoms with E-state index >= 15 is 0 Å². The number of nitrogens with zero attached hydrogens (tertiary/aromatic N) is 1. The molecule has 3 amide bonds. The molecule has 1 aliphatic heterocycles. The summed E-state index contributed by atoms with van der Waals surface area (Å²) in [6, 6.07) is 14.7. The predicted octanol–water partition coefficient (Wildman–Crippen LogP) is 3.23. The van der Waals surface area contributed by atoms with Gasteiger partial charge in [0.15, 0.2) is 0 Å². The number of halogens is 1. The van der Waals surface area contributed by atoms with Crippen molar-refractivity contribution in [3.8, 4) is 0 Å². The summed E-state index contributed by atoms with van der Waals surface area (Å²) in [5, 5.41) is 5.98. The first-order valence-electron chi connectivity index (χ1n) is 8.94. The van der Waals surface area contributed by atoms with Crippen molar-refractivity contribution >= 4 is 29.2 Å². The van der Waals surface area contributed by atoms with Gasteiger partial charge < -0.3 is 16.4 Å². The van der Waals surface area contributed by atoms with Crippen LogP contribution in [0.4, 0.5) is 10.5 Å². The molecule has 2 aromatic rings. The van der Waals surface area contributed by atoms with Gasteiger partial charge in [-0.15, -0.1) is 0 Å². The van der Waals surface area contributed by atoms with Crippen LogP contribution in [-0.4, -0.2) is 36.0 Å². The van der Waals surface area contributed by atoms with Gasteiger partial charge in [-0.25, -0.2) is 4.79 Å². The van der Waals surface area contributed by atoms with E-state index in [1.165, 1.54) is 17.7 Å². The van der Waals surface area contributed by atoms with Crippen molar-refractivity contribution in [2.75, 3.05) is 18.4 Å². The lowest BCUT2D eigenvalue weighted by Crippen LogP contribution is -2.48. The van der Waals surface area contributed by atoms with E-state index in [2.05, 4.69) is 27.7 Å². The van der Waals surface area contributed by atoms with E-state index < -0.39 is 5.91 Å². The average molecular weight is 387 g/mol. The fourth-order valence-corrected chi connectivity index (χ4v) is 3.58. The summed E-state index contributed by atoms with van der Waals surface area (Å²) in [6.07, 6.45) is 1.98. The van der Waals surface area contributed by atoms with Crippen molar-refractivity contribution in [3.63, 3.8) is 0 Å². The highest BCUT2D eigenvalue weighted by Gasteiger charge is 2.21. The van der Waals surface area contributed by atoms with E-state index in [-0.39, 0.29) is 22.7 Å². The van der Waals surface area contributed by atoms with Crippen molar-refractivity contribution in [2.24, 2.45) is 5.73 Å². The van der Waals surface area contributed by atoms with Crippen LogP contribution in [-0.2, 0) is 6.54 Å². The fraction of sp³-hybridized carbons (Fsp3) is 0.300. The number of urea groups is 1. The first kappa shape index (κ1) is 19.2. The molecule has 27 heavy (non-hydrogen) atoms. The van der Waals surface area contributed by atoms with Crippen LogP contribution in [0.25, 0.3) is 0 Å². The Hall–Kier alpha value is -2.57. The molecule has 6 nitrogen and oxygen atoms in total. The Kier molecular flexibility index (Phi) is 6.32. The van der Waals surface area contributed by atoms with Crippen LogP contribution in [0.5, 0.6) is 0 Å². The van der Waals surface area contributed by atoms with Crippen molar-refractivity contribution in [1.82, 2.24) is 10.2 Å². The number of benzene rings is 2. The normalized spacial score (nSPS) is 17.3. The molecule has 0 aliphatic carbocycles. The van der Waals surface area contributed by atoms with Gasteiger partial charge in [-0.1, -0.05) is 41.9 Å². The lowest BCUT2D eigenvalue weighted by atomic mass is 10.0. The summed E-state index contributed by atoms with van der Waals surface area (Å²) < 4.78 is 0. The summed E-state index contributed by atoms with van der Waals surface area (Å²) in [6.45, 7) is 2.72. The molecule has 2 aromatic carbocycles. The molecule has 1 fully saturated rings. The molecule has 142 valence electrons. The highest BCUT2D eigenvalue weighted by Crippen LogP contribution is 2.21. The van der Waals surface area contributed by atoms with E-state index in [1.54, 1.807) is 6.07 Å². The van der Waals surface area contributed by atoms with Gasteiger partial charge in [-0.2, -0.15) is 0 Å². The van der Waals surface area contributed by atoms with Crippen LogP contribution in [0.3, 0.4) is 0 Å². The number of nitrogens with one attached hydrogen (secondary N) is 2. The number of nitrogens with two attached hydrogens (primary N) is 1. The van der Waals surface area contributed by atoms with Gasteiger partial charge in [-0.05, 0) is 43.1 Å². The van der Waals surface area contributed by atoms with Gasteiger partial charge in [0.2, 0.25) is 5.91 Å². The number of hydrogen-bond acceptors (Lipinski definition) is 3. The van der Waals surface area contributed by atoms with Crippen LogP contribution >= 0.6 is 11.6 Å². The smallest absolute Gasteiger partial charge is 0.319 e.